The van der Waals surface area contributed by atoms with Crippen LogP contribution in [0.4, 0.5) is 0 Å². The number of rotatable bonds is 4. The Kier molecular flexibility index (Phi) is 5.29. The molecule has 168 valence electrons. The number of fused-ring (bicyclic) bond motifs is 6. The molecule has 0 N–H and O–H groups in total. The van der Waals surface area contributed by atoms with Crippen molar-refractivity contribution >= 4 is 5.91 Å². The van der Waals surface area contributed by atoms with E-state index in [2.05, 4.69) is 31.0 Å². The molecule has 2 bridgehead atoms. The molecule has 7 nitrogen and oxygen atoms in total. The van der Waals surface area contributed by atoms with Gasteiger partial charge in [0.05, 0.1) is 6.04 Å². The van der Waals surface area contributed by atoms with Crippen molar-refractivity contribution < 1.29 is 9.32 Å². The smallest absolute Gasteiger partial charge is 0.227 e. The zero-order valence-corrected chi connectivity index (χ0v) is 18.5. The van der Waals surface area contributed by atoms with Crippen molar-refractivity contribution in [3.05, 3.63) is 42.1 Å². The highest BCUT2D eigenvalue weighted by Crippen LogP contribution is 2.45. The van der Waals surface area contributed by atoms with Crippen molar-refractivity contribution in [1.29, 1.82) is 0 Å². The van der Waals surface area contributed by atoms with Crippen LogP contribution in [0.3, 0.4) is 0 Å². The summed E-state index contributed by atoms with van der Waals surface area (Å²) in [6.07, 6.45) is 14.4. The minimum Gasteiger partial charge on any atom is -0.339 e. The summed E-state index contributed by atoms with van der Waals surface area (Å²) in [6.45, 7) is 3.27. The maximum absolute atomic E-state index is 13.3. The van der Waals surface area contributed by atoms with Crippen LogP contribution < -0.4 is 0 Å². The molecule has 0 radical (unpaired) electrons. The molecule has 3 saturated heterocycles. The highest BCUT2D eigenvalue weighted by atomic mass is 16.5. The minimum atomic E-state index is 0.225. The molecule has 4 aliphatic rings. The van der Waals surface area contributed by atoms with E-state index < -0.39 is 0 Å². The summed E-state index contributed by atoms with van der Waals surface area (Å²) in [5, 5.41) is 4.07. The molecule has 0 spiro atoms. The van der Waals surface area contributed by atoms with Crippen LogP contribution in [0.1, 0.15) is 50.8 Å². The van der Waals surface area contributed by atoms with Gasteiger partial charge in [-0.1, -0.05) is 23.2 Å². The van der Waals surface area contributed by atoms with Crippen LogP contribution in [0, 0.1) is 11.8 Å². The van der Waals surface area contributed by atoms with Gasteiger partial charge in [-0.25, -0.2) is 0 Å². The van der Waals surface area contributed by atoms with E-state index in [4.69, 9.17) is 4.52 Å². The van der Waals surface area contributed by atoms with Crippen LogP contribution >= 0.6 is 0 Å². The highest BCUT2D eigenvalue weighted by molar-refractivity contribution is 5.77. The number of pyridine rings is 1. The fraction of sp³-hybridized carbons (Fsp3) is 0.600. The van der Waals surface area contributed by atoms with Crippen LogP contribution in [0.5, 0.6) is 0 Å². The first-order valence-corrected chi connectivity index (χ1v) is 12.2. The summed E-state index contributed by atoms with van der Waals surface area (Å²) >= 11 is 0. The van der Waals surface area contributed by atoms with Gasteiger partial charge in [-0.2, -0.15) is 4.98 Å². The molecule has 32 heavy (non-hydrogen) atoms. The van der Waals surface area contributed by atoms with Gasteiger partial charge >= 0.3 is 0 Å². The molecule has 4 atom stereocenters. The molecule has 1 amide bonds. The van der Waals surface area contributed by atoms with E-state index in [-0.39, 0.29) is 5.91 Å². The standard InChI is InChI=1S/C25H31N5O2/c31-23(7-6-22-27-25(28-32-22)17-8-10-26-11-9-17)30-13-3-4-18-14-19-15-20(24(18)30)16-29-12-2-1-5-21(19)29/h8-11,14,19-21,24H,1-7,12-13,15-16H2/t19-,20+,21+,24-/m0/s1. The molecule has 5 heterocycles. The van der Waals surface area contributed by atoms with Crippen molar-refractivity contribution in [1.82, 2.24) is 24.9 Å². The Morgan fingerprint density at radius 2 is 2.06 bits per heavy atom. The maximum Gasteiger partial charge on any atom is 0.227 e. The first kappa shape index (κ1) is 20.1. The topological polar surface area (TPSA) is 75.4 Å². The number of aryl methyl sites for hydroxylation is 1. The molecule has 7 heteroatoms. The third-order valence-corrected chi connectivity index (χ3v) is 7.94. The summed E-state index contributed by atoms with van der Waals surface area (Å²) < 4.78 is 5.42. The van der Waals surface area contributed by atoms with Gasteiger partial charge < -0.3 is 9.42 Å². The second kappa shape index (κ2) is 8.43. The fourth-order valence-corrected chi connectivity index (χ4v) is 6.59. The van der Waals surface area contributed by atoms with Crippen LogP contribution in [0.2, 0.25) is 0 Å². The number of hydrogen-bond acceptors (Lipinski definition) is 6. The summed E-state index contributed by atoms with van der Waals surface area (Å²) in [4.78, 5) is 26.7. The lowest BCUT2D eigenvalue weighted by atomic mass is 9.68. The lowest BCUT2D eigenvalue weighted by Crippen LogP contribution is -2.60. The Balaban J connectivity index is 1.15. The van der Waals surface area contributed by atoms with E-state index >= 15 is 0 Å². The van der Waals surface area contributed by atoms with E-state index in [9.17, 15) is 4.79 Å². The zero-order valence-electron chi connectivity index (χ0n) is 18.5. The van der Waals surface area contributed by atoms with Crippen molar-refractivity contribution in [3.8, 4) is 11.4 Å². The number of piperidine rings is 3. The Morgan fingerprint density at radius 3 is 2.97 bits per heavy atom. The van der Waals surface area contributed by atoms with Gasteiger partial charge in [-0.15, -0.1) is 0 Å². The summed E-state index contributed by atoms with van der Waals surface area (Å²) in [5.74, 6) is 2.58. The molecule has 0 unspecified atom stereocenters. The van der Waals surface area contributed by atoms with Gasteiger partial charge in [-0.3, -0.25) is 14.7 Å². The van der Waals surface area contributed by atoms with E-state index in [0.717, 1.165) is 37.5 Å². The predicted molar refractivity (Wildman–Crippen MR) is 119 cm³/mol. The van der Waals surface area contributed by atoms with Gasteiger partial charge in [0.2, 0.25) is 17.6 Å². The number of nitrogens with zero attached hydrogens (tertiary/aromatic N) is 5. The predicted octanol–water partition coefficient (Wildman–Crippen LogP) is 3.49. The normalized spacial score (nSPS) is 29.8. The molecule has 3 fully saturated rings. The Morgan fingerprint density at radius 1 is 1.16 bits per heavy atom. The number of carbonyl (C=O) groups is 1. The molecule has 0 saturated carbocycles. The van der Waals surface area contributed by atoms with E-state index in [1.54, 1.807) is 12.4 Å². The maximum atomic E-state index is 13.3. The first-order valence-electron chi connectivity index (χ1n) is 12.2. The Hall–Kier alpha value is -2.54. The summed E-state index contributed by atoms with van der Waals surface area (Å²) in [7, 11) is 0. The largest absolute Gasteiger partial charge is 0.339 e. The Bertz CT molecular complexity index is 1000. The molecule has 2 aromatic rings. The van der Waals surface area contributed by atoms with Crippen LogP contribution in [0.25, 0.3) is 11.4 Å². The third-order valence-electron chi connectivity index (χ3n) is 7.94. The second-order valence-electron chi connectivity index (χ2n) is 9.84. The number of aromatic nitrogens is 3. The van der Waals surface area contributed by atoms with Gasteiger partial charge in [0.1, 0.15) is 0 Å². The molecular weight excluding hydrogens is 402 g/mol. The van der Waals surface area contributed by atoms with Gasteiger partial charge in [0.15, 0.2) is 0 Å². The first-order chi connectivity index (χ1) is 15.8. The zero-order chi connectivity index (χ0) is 21.5. The van der Waals surface area contributed by atoms with Crippen molar-refractivity contribution in [2.75, 3.05) is 19.6 Å². The number of amides is 1. The van der Waals surface area contributed by atoms with Gasteiger partial charge in [0, 0.05) is 49.9 Å². The second-order valence-corrected chi connectivity index (χ2v) is 9.84. The molecular formula is C25H31N5O2. The SMILES string of the molecule is O=C(CCc1nc(-c2ccncc2)no1)N1CCCC2=C[C@H]3C[C@H](CN4CCCC[C@H]34)[C@H]21. The lowest BCUT2D eigenvalue weighted by Gasteiger charge is -2.54. The monoisotopic (exact) mass is 433 g/mol. The van der Waals surface area contributed by atoms with Crippen molar-refractivity contribution in [2.45, 2.75) is 63.5 Å². The molecule has 3 aliphatic heterocycles. The minimum absolute atomic E-state index is 0.225. The quantitative estimate of drug-likeness (QED) is 0.687. The molecule has 0 aromatic carbocycles. The summed E-state index contributed by atoms with van der Waals surface area (Å²) in [5.41, 5.74) is 2.41. The van der Waals surface area contributed by atoms with E-state index in [0.29, 0.717) is 42.4 Å². The van der Waals surface area contributed by atoms with Crippen LogP contribution in [-0.2, 0) is 11.2 Å². The van der Waals surface area contributed by atoms with Crippen molar-refractivity contribution in [3.63, 3.8) is 0 Å². The number of hydrogen-bond donors (Lipinski definition) is 0. The van der Waals surface area contributed by atoms with Crippen molar-refractivity contribution in [2.24, 2.45) is 11.8 Å². The summed E-state index contributed by atoms with van der Waals surface area (Å²) in [6, 6.07) is 4.75. The Labute approximate surface area is 188 Å². The third kappa shape index (κ3) is 3.66. The van der Waals surface area contributed by atoms with Gasteiger partial charge in [-0.05, 0) is 62.6 Å². The number of carbonyl (C=O) groups excluding carboxylic acids is 1. The number of likely N-dealkylation sites (tertiary alicyclic amines) is 1. The molecule has 6 rings (SSSR count). The van der Waals surface area contributed by atoms with Crippen LogP contribution in [0.15, 0.2) is 40.7 Å². The highest BCUT2D eigenvalue weighted by Gasteiger charge is 2.46. The van der Waals surface area contributed by atoms with E-state index in [1.165, 1.54) is 37.8 Å². The average molecular weight is 434 g/mol. The van der Waals surface area contributed by atoms with E-state index in [1.807, 2.05) is 12.1 Å². The van der Waals surface area contributed by atoms with Crippen LogP contribution in [-0.4, -0.2) is 62.5 Å². The van der Waals surface area contributed by atoms with Gasteiger partial charge in [0.25, 0.3) is 0 Å². The average Bonchev–Trinajstić information content (AvgIpc) is 3.32. The molecule has 2 aromatic heterocycles. The molecule has 1 aliphatic carbocycles. The fourth-order valence-electron chi connectivity index (χ4n) is 6.59. The lowest BCUT2D eigenvalue weighted by molar-refractivity contribution is -0.136.